The van der Waals surface area contributed by atoms with Gasteiger partial charge in [0.2, 0.25) is 5.91 Å². The summed E-state index contributed by atoms with van der Waals surface area (Å²) in [7, 11) is 0. The lowest BCUT2D eigenvalue weighted by Crippen LogP contribution is -2.53. The first-order valence-corrected chi connectivity index (χ1v) is 14.8. The van der Waals surface area contributed by atoms with E-state index in [0.717, 1.165) is 5.56 Å². The minimum Gasteiger partial charge on any atom is -0.339 e. The van der Waals surface area contributed by atoms with Gasteiger partial charge in [0.05, 0.1) is 23.1 Å². The number of ketones is 1. The molecule has 2 fully saturated rings. The number of nitro benzene ring substituents is 1. The minimum atomic E-state index is -0.855. The van der Waals surface area contributed by atoms with Crippen molar-refractivity contribution in [1.82, 2.24) is 15.1 Å². The Morgan fingerprint density at radius 3 is 2.48 bits per heavy atom. The van der Waals surface area contributed by atoms with Crippen molar-refractivity contribution in [2.45, 2.75) is 30.3 Å². The number of non-ortho nitro benzene ring substituents is 1. The van der Waals surface area contributed by atoms with Crippen molar-refractivity contribution < 1.29 is 24.1 Å². The van der Waals surface area contributed by atoms with Crippen molar-refractivity contribution in [2.24, 2.45) is 0 Å². The molecule has 0 radical (unpaired) electrons. The van der Waals surface area contributed by atoms with Crippen LogP contribution in [0.1, 0.15) is 32.7 Å². The third-order valence-electron chi connectivity index (χ3n) is 7.07. The average Bonchev–Trinajstić information content (AvgIpc) is 3.72. The van der Waals surface area contributed by atoms with Crippen molar-refractivity contribution >= 4 is 52.3 Å². The van der Waals surface area contributed by atoms with Gasteiger partial charge < -0.3 is 15.1 Å². The van der Waals surface area contributed by atoms with Gasteiger partial charge >= 0.3 is 0 Å². The summed E-state index contributed by atoms with van der Waals surface area (Å²) in [6.07, 6.45) is 0.420. The first-order valence-electron chi connectivity index (χ1n) is 12.7. The Kier molecular flexibility index (Phi) is 8.27. The summed E-state index contributed by atoms with van der Waals surface area (Å²) < 4.78 is 0. The van der Waals surface area contributed by atoms with E-state index in [0.29, 0.717) is 23.5 Å². The molecule has 1 aromatic heterocycles. The molecule has 2 aromatic carbocycles. The van der Waals surface area contributed by atoms with Crippen LogP contribution in [0.2, 0.25) is 0 Å². The number of carbonyl (C=O) groups excluding carboxylic acids is 4. The molecule has 0 saturated carbocycles. The minimum absolute atomic E-state index is 0.134. The second-order valence-electron chi connectivity index (χ2n) is 9.57. The maximum Gasteiger partial charge on any atom is 0.269 e. The van der Waals surface area contributed by atoms with Crippen molar-refractivity contribution in [1.29, 1.82) is 0 Å². The quantitative estimate of drug-likeness (QED) is 0.304. The number of thiophene rings is 1. The molecule has 2 saturated heterocycles. The molecular weight excluding hydrogens is 552 g/mol. The van der Waals surface area contributed by atoms with Gasteiger partial charge in [-0.2, -0.15) is 23.1 Å². The van der Waals surface area contributed by atoms with E-state index < -0.39 is 29.0 Å². The SMILES string of the molecule is O=C(N[C@@H](CSCc1ccccc1)C(=O)N1CC[C@@H]2[C@H]1C(=O)CN2C(=O)c1ccc([N+](=O)[O-])cc1)c1ccsc1. The largest absolute Gasteiger partial charge is 0.339 e. The van der Waals surface area contributed by atoms with E-state index in [1.54, 1.807) is 16.8 Å². The molecule has 3 amide bonds. The van der Waals surface area contributed by atoms with Crippen LogP contribution < -0.4 is 5.32 Å². The molecular formula is C28H26N4O6S2. The highest BCUT2D eigenvalue weighted by Crippen LogP contribution is 2.32. The number of thioether (sulfide) groups is 1. The molecule has 0 spiro atoms. The highest BCUT2D eigenvalue weighted by atomic mass is 32.2. The normalized spacial score (nSPS) is 18.9. The molecule has 0 bridgehead atoms. The molecule has 3 aromatic rings. The van der Waals surface area contributed by atoms with Crippen LogP contribution in [-0.2, 0) is 15.3 Å². The Morgan fingerprint density at radius 1 is 1.05 bits per heavy atom. The van der Waals surface area contributed by atoms with E-state index in [2.05, 4.69) is 5.32 Å². The van der Waals surface area contributed by atoms with Gasteiger partial charge in [-0.3, -0.25) is 29.3 Å². The summed E-state index contributed by atoms with van der Waals surface area (Å²) in [5.41, 5.74) is 1.66. The van der Waals surface area contributed by atoms with Crippen LogP contribution in [-0.4, -0.2) is 75.2 Å². The Labute approximate surface area is 238 Å². The lowest BCUT2D eigenvalue weighted by Gasteiger charge is -2.28. The fraction of sp³-hybridized carbons (Fsp3) is 0.286. The highest BCUT2D eigenvalue weighted by Gasteiger charge is 2.52. The van der Waals surface area contributed by atoms with Crippen LogP contribution >= 0.6 is 23.1 Å². The van der Waals surface area contributed by atoms with Gasteiger partial charge in [-0.25, -0.2) is 0 Å². The van der Waals surface area contributed by atoms with E-state index >= 15 is 0 Å². The fourth-order valence-corrected chi connectivity index (χ4v) is 6.75. The molecule has 10 nitrogen and oxygen atoms in total. The Hall–Kier alpha value is -4.03. The van der Waals surface area contributed by atoms with Crippen LogP contribution in [0.3, 0.4) is 0 Å². The van der Waals surface area contributed by atoms with Crippen molar-refractivity contribution in [3.05, 3.63) is 98.2 Å². The fourth-order valence-electron chi connectivity index (χ4n) is 5.11. The topological polar surface area (TPSA) is 130 Å². The van der Waals surface area contributed by atoms with Crippen LogP contribution in [0, 0.1) is 10.1 Å². The summed E-state index contributed by atoms with van der Waals surface area (Å²) in [6, 6.07) is 14.6. The van der Waals surface area contributed by atoms with Gasteiger partial charge in [0.15, 0.2) is 5.78 Å². The molecule has 0 unspecified atom stereocenters. The molecule has 12 heteroatoms. The number of nitrogens with one attached hydrogen (secondary N) is 1. The molecule has 1 N–H and O–H groups in total. The number of likely N-dealkylation sites (tertiary alicyclic amines) is 2. The second-order valence-corrected chi connectivity index (χ2v) is 11.4. The number of hydrogen-bond donors (Lipinski definition) is 1. The average molecular weight is 579 g/mol. The zero-order valence-corrected chi connectivity index (χ0v) is 22.9. The lowest BCUT2D eigenvalue weighted by atomic mass is 10.1. The van der Waals surface area contributed by atoms with Crippen molar-refractivity contribution in [2.75, 3.05) is 18.8 Å². The first kappa shape index (κ1) is 27.5. The number of amides is 3. The van der Waals surface area contributed by atoms with Crippen LogP contribution in [0.4, 0.5) is 5.69 Å². The Bertz CT molecular complexity index is 1410. The predicted octanol–water partition coefficient (Wildman–Crippen LogP) is 3.38. The first-order chi connectivity index (χ1) is 19.3. The Balaban J connectivity index is 1.30. The number of fused-ring (bicyclic) bond motifs is 1. The number of nitrogens with zero attached hydrogens (tertiary/aromatic N) is 3. The standard InChI is InChI=1S/C28H26N4O6S2/c33-24-14-31(27(35)19-6-8-21(9-7-19)32(37)38)23-10-12-30(25(23)24)28(36)22(29-26(34)20-11-13-39-16-20)17-40-15-18-4-2-1-3-5-18/h1-9,11,13,16,22-23,25H,10,12,14-15,17H2,(H,29,34)/t22-,23+,25-/m0/s1. The maximum absolute atomic E-state index is 13.8. The molecule has 2 aliphatic rings. The third kappa shape index (κ3) is 5.77. The van der Waals surface area contributed by atoms with E-state index in [1.807, 2.05) is 30.3 Å². The van der Waals surface area contributed by atoms with Crippen LogP contribution in [0.5, 0.6) is 0 Å². The van der Waals surface area contributed by atoms with E-state index in [9.17, 15) is 29.3 Å². The molecule has 3 heterocycles. The van der Waals surface area contributed by atoms with Crippen molar-refractivity contribution in [3.63, 3.8) is 0 Å². The number of Topliss-reactive ketones (excluding diaryl/α,β-unsaturated/α-hetero) is 1. The van der Waals surface area contributed by atoms with Crippen molar-refractivity contribution in [3.8, 4) is 0 Å². The number of benzene rings is 2. The molecule has 0 aliphatic carbocycles. The molecule has 2 aliphatic heterocycles. The smallest absolute Gasteiger partial charge is 0.269 e. The van der Waals surface area contributed by atoms with Gasteiger partial charge in [0, 0.05) is 41.1 Å². The Morgan fingerprint density at radius 2 is 1.80 bits per heavy atom. The molecule has 5 rings (SSSR count). The maximum atomic E-state index is 13.8. The summed E-state index contributed by atoms with van der Waals surface area (Å²) in [5.74, 6) is -0.395. The highest BCUT2D eigenvalue weighted by molar-refractivity contribution is 7.98. The van der Waals surface area contributed by atoms with E-state index in [-0.39, 0.29) is 41.9 Å². The number of hydrogen-bond acceptors (Lipinski definition) is 8. The van der Waals surface area contributed by atoms with Gasteiger partial charge in [-0.15, -0.1) is 0 Å². The molecule has 40 heavy (non-hydrogen) atoms. The summed E-state index contributed by atoms with van der Waals surface area (Å²) in [6.45, 7) is 0.127. The number of nitro groups is 1. The zero-order chi connectivity index (χ0) is 28.2. The number of carbonyl (C=O) groups is 4. The van der Waals surface area contributed by atoms with Crippen LogP contribution in [0.15, 0.2) is 71.4 Å². The van der Waals surface area contributed by atoms with E-state index in [4.69, 9.17) is 0 Å². The zero-order valence-electron chi connectivity index (χ0n) is 21.3. The lowest BCUT2D eigenvalue weighted by molar-refractivity contribution is -0.384. The monoisotopic (exact) mass is 578 g/mol. The summed E-state index contributed by atoms with van der Waals surface area (Å²) in [4.78, 5) is 66.4. The van der Waals surface area contributed by atoms with Gasteiger partial charge in [-0.05, 0) is 35.6 Å². The van der Waals surface area contributed by atoms with E-state index in [1.165, 1.54) is 57.2 Å². The predicted molar refractivity (Wildman–Crippen MR) is 151 cm³/mol. The number of rotatable bonds is 9. The molecule has 206 valence electrons. The molecule has 3 atom stereocenters. The van der Waals surface area contributed by atoms with Gasteiger partial charge in [0.25, 0.3) is 17.5 Å². The van der Waals surface area contributed by atoms with Gasteiger partial charge in [0.1, 0.15) is 12.1 Å². The van der Waals surface area contributed by atoms with Gasteiger partial charge in [-0.1, -0.05) is 30.3 Å². The van der Waals surface area contributed by atoms with Crippen LogP contribution in [0.25, 0.3) is 0 Å². The third-order valence-corrected chi connectivity index (χ3v) is 8.86. The second kappa shape index (κ2) is 12.0. The summed E-state index contributed by atoms with van der Waals surface area (Å²) in [5, 5.41) is 17.3. The summed E-state index contributed by atoms with van der Waals surface area (Å²) >= 11 is 2.90.